The Morgan fingerprint density at radius 1 is 1.67 bits per heavy atom. The predicted octanol–water partition coefficient (Wildman–Crippen LogP) is 0.333. The van der Waals surface area contributed by atoms with Gasteiger partial charge < -0.3 is 14.8 Å². The smallest absolute Gasteiger partial charge is 0.223 e. The molecule has 1 aromatic heterocycles. The lowest BCUT2D eigenvalue weighted by atomic mass is 10.0. The van der Waals surface area contributed by atoms with Crippen LogP contribution in [0.4, 0.5) is 0 Å². The second-order valence-electron chi connectivity index (χ2n) is 2.79. The summed E-state index contributed by atoms with van der Waals surface area (Å²) in [6.07, 6.45) is 0.485. The minimum Gasteiger partial charge on any atom is -0.461 e. The van der Waals surface area contributed by atoms with Gasteiger partial charge in [0.15, 0.2) is 0 Å². The van der Waals surface area contributed by atoms with Gasteiger partial charge in [-0.3, -0.25) is 4.79 Å². The maximum atomic E-state index is 10.6. The highest BCUT2D eigenvalue weighted by Gasteiger charge is 2.29. The van der Waals surface area contributed by atoms with Crippen LogP contribution in [0, 0.1) is 0 Å². The summed E-state index contributed by atoms with van der Waals surface area (Å²) in [5, 5.41) is 11.4. The highest BCUT2D eigenvalue weighted by Crippen LogP contribution is 2.25. The molecule has 12 heavy (non-hydrogen) atoms. The Hall–Kier alpha value is -1.29. The zero-order valence-electron chi connectivity index (χ0n) is 6.41. The fourth-order valence-corrected chi connectivity index (χ4v) is 1.20. The average Bonchev–Trinajstić information content (AvgIpc) is 2.46. The number of rotatable bonds is 2. The van der Waals surface area contributed by atoms with Crippen molar-refractivity contribution < 1.29 is 14.3 Å². The third-order valence-corrected chi connectivity index (χ3v) is 1.91. The zero-order chi connectivity index (χ0) is 8.55. The van der Waals surface area contributed by atoms with E-state index in [1.165, 1.54) is 0 Å². The fraction of sp³-hybridized carbons (Fsp3) is 0.375. The summed E-state index contributed by atoms with van der Waals surface area (Å²) in [7, 11) is 0. The minimum absolute atomic E-state index is 0.0119. The molecule has 1 saturated heterocycles. The topological polar surface area (TPSA) is 62.5 Å². The molecule has 1 amide bonds. The molecule has 4 nitrogen and oxygen atoms in total. The molecule has 2 heterocycles. The fourth-order valence-electron chi connectivity index (χ4n) is 1.20. The molecule has 2 N–H and O–H groups in total. The average molecular weight is 167 g/mol. The van der Waals surface area contributed by atoms with Gasteiger partial charge in [-0.1, -0.05) is 0 Å². The number of amides is 1. The number of nitrogens with one attached hydrogen (secondary N) is 1. The number of aliphatic hydroxyl groups is 1. The Kier molecular flexibility index (Phi) is 1.62. The van der Waals surface area contributed by atoms with Crippen molar-refractivity contribution in [2.45, 2.75) is 19.1 Å². The van der Waals surface area contributed by atoms with Gasteiger partial charge >= 0.3 is 0 Å². The molecule has 1 atom stereocenters. The number of β-lactam (4-membered cyclic amide) rings is 1. The first-order valence-electron chi connectivity index (χ1n) is 3.78. The third-order valence-electron chi connectivity index (χ3n) is 1.91. The van der Waals surface area contributed by atoms with Crippen LogP contribution < -0.4 is 5.32 Å². The summed E-state index contributed by atoms with van der Waals surface area (Å²) in [6, 6.07) is 3.49. The van der Waals surface area contributed by atoms with Gasteiger partial charge in [-0.25, -0.2) is 0 Å². The summed E-state index contributed by atoms with van der Waals surface area (Å²) in [5.74, 6) is 1.30. The highest BCUT2D eigenvalue weighted by atomic mass is 16.4. The predicted molar refractivity (Wildman–Crippen MR) is 40.1 cm³/mol. The van der Waals surface area contributed by atoms with Crippen LogP contribution in [0.15, 0.2) is 16.5 Å². The summed E-state index contributed by atoms with van der Waals surface area (Å²) < 4.78 is 5.22. The highest BCUT2D eigenvalue weighted by molar-refractivity contribution is 5.83. The number of hydrogen-bond acceptors (Lipinski definition) is 3. The number of carbonyl (C=O) groups excluding carboxylic acids is 1. The van der Waals surface area contributed by atoms with Gasteiger partial charge in [-0.15, -0.1) is 0 Å². The van der Waals surface area contributed by atoms with Crippen molar-refractivity contribution in [3.63, 3.8) is 0 Å². The summed E-state index contributed by atoms with van der Waals surface area (Å²) >= 11 is 0. The number of furan rings is 1. The van der Waals surface area contributed by atoms with E-state index in [0.717, 1.165) is 5.76 Å². The Morgan fingerprint density at radius 3 is 2.92 bits per heavy atom. The second kappa shape index (κ2) is 2.64. The van der Waals surface area contributed by atoms with Crippen LogP contribution in [0.2, 0.25) is 0 Å². The van der Waals surface area contributed by atoms with Crippen LogP contribution in [0.5, 0.6) is 0 Å². The maximum Gasteiger partial charge on any atom is 0.223 e. The molecule has 0 bridgehead atoms. The molecule has 0 aromatic carbocycles. The molecule has 0 saturated carbocycles. The number of carbonyl (C=O) groups is 1. The molecule has 4 heteroatoms. The van der Waals surface area contributed by atoms with Crippen LogP contribution in [-0.2, 0) is 11.4 Å². The van der Waals surface area contributed by atoms with Crippen molar-refractivity contribution in [3.8, 4) is 0 Å². The monoisotopic (exact) mass is 167 g/mol. The quantitative estimate of drug-likeness (QED) is 0.624. The molecule has 1 fully saturated rings. The third kappa shape index (κ3) is 1.10. The molecule has 64 valence electrons. The summed E-state index contributed by atoms with van der Waals surface area (Å²) in [5.41, 5.74) is 0. The molecular formula is C8H9NO3. The first-order chi connectivity index (χ1) is 5.79. The molecule has 0 radical (unpaired) electrons. The van der Waals surface area contributed by atoms with Gasteiger partial charge in [-0.2, -0.15) is 0 Å². The lowest BCUT2D eigenvalue weighted by Crippen LogP contribution is -2.41. The van der Waals surface area contributed by atoms with E-state index in [0.29, 0.717) is 12.2 Å². The molecular weight excluding hydrogens is 158 g/mol. The van der Waals surface area contributed by atoms with Gasteiger partial charge in [-0.05, 0) is 12.1 Å². The Morgan fingerprint density at radius 2 is 2.42 bits per heavy atom. The Balaban J connectivity index is 2.08. The van der Waals surface area contributed by atoms with Gasteiger partial charge in [0, 0.05) is 0 Å². The van der Waals surface area contributed by atoms with E-state index < -0.39 is 0 Å². The van der Waals surface area contributed by atoms with E-state index in [9.17, 15) is 4.79 Å². The van der Waals surface area contributed by atoms with Crippen LogP contribution in [0.1, 0.15) is 24.0 Å². The summed E-state index contributed by atoms with van der Waals surface area (Å²) in [4.78, 5) is 10.6. The van der Waals surface area contributed by atoms with Crippen molar-refractivity contribution in [1.29, 1.82) is 0 Å². The lowest BCUT2D eigenvalue weighted by Gasteiger charge is -2.24. The second-order valence-corrected chi connectivity index (χ2v) is 2.79. The van der Waals surface area contributed by atoms with Gasteiger partial charge in [0.25, 0.3) is 0 Å². The number of aliphatic hydroxyl groups excluding tert-OH is 1. The SMILES string of the molecule is O=C1CC(c2ccc(CO)o2)N1. The van der Waals surface area contributed by atoms with Crippen LogP contribution >= 0.6 is 0 Å². The lowest BCUT2D eigenvalue weighted by molar-refractivity contribution is -0.128. The van der Waals surface area contributed by atoms with Gasteiger partial charge in [0.2, 0.25) is 5.91 Å². The van der Waals surface area contributed by atoms with Gasteiger partial charge in [0.1, 0.15) is 18.1 Å². The van der Waals surface area contributed by atoms with Crippen molar-refractivity contribution >= 4 is 5.91 Å². The standard InChI is InChI=1S/C8H9NO3/c10-4-5-1-2-7(12-5)6-3-8(11)9-6/h1-2,6,10H,3-4H2,(H,9,11). The first kappa shape index (κ1) is 7.36. The molecule has 1 aliphatic rings. The van der Waals surface area contributed by atoms with Crippen LogP contribution in [0.3, 0.4) is 0 Å². The van der Waals surface area contributed by atoms with Crippen molar-refractivity contribution in [2.24, 2.45) is 0 Å². The molecule has 1 unspecified atom stereocenters. The normalized spacial score (nSPS) is 21.8. The molecule has 1 aliphatic heterocycles. The zero-order valence-corrected chi connectivity index (χ0v) is 6.41. The van der Waals surface area contributed by atoms with E-state index in [1.807, 2.05) is 0 Å². The molecule has 0 aliphatic carbocycles. The molecule has 0 spiro atoms. The van der Waals surface area contributed by atoms with Crippen molar-refractivity contribution in [2.75, 3.05) is 0 Å². The number of hydrogen-bond donors (Lipinski definition) is 2. The Bertz CT molecular complexity index is 297. The largest absolute Gasteiger partial charge is 0.461 e. The molecule has 1 aromatic rings. The van der Waals surface area contributed by atoms with Crippen LogP contribution in [-0.4, -0.2) is 11.0 Å². The van der Waals surface area contributed by atoms with E-state index in [1.54, 1.807) is 12.1 Å². The van der Waals surface area contributed by atoms with E-state index in [4.69, 9.17) is 9.52 Å². The van der Waals surface area contributed by atoms with Crippen LogP contribution in [0.25, 0.3) is 0 Å². The minimum atomic E-state index is -0.0966. The van der Waals surface area contributed by atoms with E-state index in [-0.39, 0.29) is 18.6 Å². The Labute approximate surface area is 69.2 Å². The summed E-state index contributed by atoms with van der Waals surface area (Å²) in [6.45, 7) is -0.0966. The van der Waals surface area contributed by atoms with E-state index >= 15 is 0 Å². The molecule has 2 rings (SSSR count). The van der Waals surface area contributed by atoms with Gasteiger partial charge in [0.05, 0.1) is 12.5 Å². The first-order valence-corrected chi connectivity index (χ1v) is 3.78. The van der Waals surface area contributed by atoms with Crippen molar-refractivity contribution in [1.82, 2.24) is 5.32 Å². The van der Waals surface area contributed by atoms with E-state index in [2.05, 4.69) is 5.32 Å². The van der Waals surface area contributed by atoms with Crippen molar-refractivity contribution in [3.05, 3.63) is 23.7 Å². The maximum absolute atomic E-state index is 10.6.